The Balaban J connectivity index is 1.31. The van der Waals surface area contributed by atoms with Crippen LogP contribution in [-0.4, -0.2) is 27.3 Å². The molecule has 2 aliphatic carbocycles. The lowest BCUT2D eigenvalue weighted by Gasteiger charge is -2.24. The van der Waals surface area contributed by atoms with Crippen molar-refractivity contribution in [3.05, 3.63) is 18.7 Å². The molecule has 0 aromatic carbocycles. The molecule has 2 saturated carbocycles. The normalized spacial score (nSPS) is 28.5. The largest absolute Gasteiger partial charge is 0.363 e. The molecule has 4 nitrogen and oxygen atoms in total. The van der Waals surface area contributed by atoms with Gasteiger partial charge in [-0.2, -0.15) is 0 Å². The summed E-state index contributed by atoms with van der Waals surface area (Å²) in [5.74, 6) is 1.84. The van der Waals surface area contributed by atoms with E-state index in [4.69, 9.17) is 12.2 Å². The number of hydrogen-bond donors (Lipinski definition) is 2. The third-order valence-electron chi connectivity index (χ3n) is 4.49. The van der Waals surface area contributed by atoms with E-state index < -0.39 is 0 Å². The third kappa shape index (κ3) is 3.26. The van der Waals surface area contributed by atoms with Crippen LogP contribution in [-0.2, 0) is 6.54 Å². The molecule has 1 aromatic heterocycles. The number of fused-ring (bicyclic) bond motifs is 2. The van der Waals surface area contributed by atoms with Crippen LogP contribution in [0.1, 0.15) is 32.1 Å². The van der Waals surface area contributed by atoms with Gasteiger partial charge in [0.15, 0.2) is 5.11 Å². The van der Waals surface area contributed by atoms with Gasteiger partial charge in [0.25, 0.3) is 0 Å². The second kappa shape index (κ2) is 5.90. The first kappa shape index (κ1) is 12.9. The molecule has 19 heavy (non-hydrogen) atoms. The molecule has 2 bridgehead atoms. The van der Waals surface area contributed by atoms with Gasteiger partial charge in [-0.15, -0.1) is 0 Å². The summed E-state index contributed by atoms with van der Waals surface area (Å²) in [6.07, 6.45) is 12.3. The number of hydrogen-bond acceptors (Lipinski definition) is 2. The molecule has 0 aliphatic heterocycles. The Bertz CT molecular complexity index is 417. The number of rotatable bonds is 5. The summed E-state index contributed by atoms with van der Waals surface area (Å²) >= 11 is 5.38. The molecular formula is C14H22N4S. The van der Waals surface area contributed by atoms with Gasteiger partial charge < -0.3 is 15.2 Å². The molecule has 104 valence electrons. The molecule has 0 spiro atoms. The van der Waals surface area contributed by atoms with Crippen molar-refractivity contribution in [2.24, 2.45) is 11.8 Å². The third-order valence-corrected chi connectivity index (χ3v) is 4.75. The molecule has 2 N–H and O–H groups in total. The molecule has 3 atom stereocenters. The lowest BCUT2D eigenvalue weighted by molar-refractivity contribution is 0.389. The zero-order valence-corrected chi connectivity index (χ0v) is 12.0. The van der Waals surface area contributed by atoms with Crippen molar-refractivity contribution in [1.29, 1.82) is 0 Å². The quantitative estimate of drug-likeness (QED) is 0.638. The van der Waals surface area contributed by atoms with Crippen LogP contribution < -0.4 is 10.6 Å². The van der Waals surface area contributed by atoms with Crippen molar-refractivity contribution >= 4 is 17.3 Å². The van der Waals surface area contributed by atoms with E-state index in [1.807, 2.05) is 18.7 Å². The molecule has 3 rings (SSSR count). The van der Waals surface area contributed by atoms with E-state index in [0.717, 1.165) is 36.5 Å². The summed E-state index contributed by atoms with van der Waals surface area (Å²) in [5, 5.41) is 7.66. The first-order valence-electron chi connectivity index (χ1n) is 7.31. The standard InChI is InChI=1S/C14H22N4S/c19-14(16-4-1-6-18-7-5-15-10-18)17-13-9-11-2-3-12(13)8-11/h5,7,10-13H,1-4,6,8-9H2,(H2,16,17,19)/t11-,12-,13-/m1/s1. The van der Waals surface area contributed by atoms with Crippen molar-refractivity contribution in [2.75, 3.05) is 6.54 Å². The van der Waals surface area contributed by atoms with E-state index in [0.29, 0.717) is 6.04 Å². The zero-order valence-electron chi connectivity index (χ0n) is 11.2. The Morgan fingerprint density at radius 3 is 3.00 bits per heavy atom. The average molecular weight is 278 g/mol. The van der Waals surface area contributed by atoms with Gasteiger partial charge in [-0.05, 0) is 49.7 Å². The number of imidazole rings is 1. The van der Waals surface area contributed by atoms with E-state index in [9.17, 15) is 0 Å². The van der Waals surface area contributed by atoms with E-state index in [2.05, 4.69) is 20.2 Å². The topological polar surface area (TPSA) is 41.9 Å². The highest BCUT2D eigenvalue weighted by atomic mass is 32.1. The molecule has 0 amide bonds. The highest BCUT2D eigenvalue weighted by molar-refractivity contribution is 7.80. The van der Waals surface area contributed by atoms with Gasteiger partial charge >= 0.3 is 0 Å². The van der Waals surface area contributed by atoms with E-state index in [1.54, 1.807) is 0 Å². The summed E-state index contributed by atoms with van der Waals surface area (Å²) in [6.45, 7) is 1.91. The Kier molecular flexibility index (Phi) is 4.01. The minimum atomic E-state index is 0.632. The molecule has 0 radical (unpaired) electrons. The van der Waals surface area contributed by atoms with Crippen LogP contribution in [0, 0.1) is 11.8 Å². The maximum absolute atomic E-state index is 5.38. The predicted molar refractivity (Wildman–Crippen MR) is 79.8 cm³/mol. The minimum Gasteiger partial charge on any atom is -0.363 e. The van der Waals surface area contributed by atoms with Crippen LogP contribution in [0.15, 0.2) is 18.7 Å². The minimum absolute atomic E-state index is 0.632. The SMILES string of the molecule is S=C(NCCCn1ccnc1)N[C@@H]1C[C@@H]2CC[C@@H]1C2. The number of aromatic nitrogens is 2. The van der Waals surface area contributed by atoms with Crippen molar-refractivity contribution in [3.63, 3.8) is 0 Å². The van der Waals surface area contributed by atoms with Gasteiger partial charge in [0.1, 0.15) is 0 Å². The Labute approximate surface area is 120 Å². The van der Waals surface area contributed by atoms with Crippen LogP contribution in [0.25, 0.3) is 0 Å². The summed E-state index contributed by atoms with van der Waals surface area (Å²) in [5.41, 5.74) is 0. The monoisotopic (exact) mass is 278 g/mol. The molecule has 0 unspecified atom stereocenters. The van der Waals surface area contributed by atoms with Gasteiger partial charge in [0.2, 0.25) is 0 Å². The first-order chi connectivity index (χ1) is 9.31. The van der Waals surface area contributed by atoms with Crippen molar-refractivity contribution < 1.29 is 0 Å². The number of nitrogens with one attached hydrogen (secondary N) is 2. The van der Waals surface area contributed by atoms with E-state index >= 15 is 0 Å². The Morgan fingerprint density at radius 2 is 2.32 bits per heavy atom. The summed E-state index contributed by atoms with van der Waals surface area (Å²) < 4.78 is 2.09. The Hall–Kier alpha value is -1.10. The average Bonchev–Trinajstić information content (AvgIpc) is 3.11. The fourth-order valence-electron chi connectivity index (χ4n) is 3.52. The maximum atomic E-state index is 5.38. The highest BCUT2D eigenvalue weighted by Gasteiger charge is 2.39. The molecule has 0 saturated heterocycles. The molecule has 2 fully saturated rings. The van der Waals surface area contributed by atoms with Crippen molar-refractivity contribution in [2.45, 2.75) is 44.7 Å². The van der Waals surface area contributed by atoms with E-state index in [-0.39, 0.29) is 0 Å². The van der Waals surface area contributed by atoms with Crippen LogP contribution >= 0.6 is 12.2 Å². The lowest BCUT2D eigenvalue weighted by Crippen LogP contribution is -2.44. The lowest BCUT2D eigenvalue weighted by atomic mass is 9.96. The fourth-order valence-corrected chi connectivity index (χ4v) is 3.78. The molecule has 1 aromatic rings. The second-order valence-corrected chi connectivity index (χ2v) is 6.24. The smallest absolute Gasteiger partial charge is 0.166 e. The van der Waals surface area contributed by atoms with Crippen LogP contribution in [0.2, 0.25) is 0 Å². The molecular weight excluding hydrogens is 256 g/mol. The molecule has 1 heterocycles. The van der Waals surface area contributed by atoms with Crippen LogP contribution in [0.4, 0.5) is 0 Å². The number of aryl methyl sites for hydroxylation is 1. The van der Waals surface area contributed by atoms with Crippen LogP contribution in [0.3, 0.4) is 0 Å². The summed E-state index contributed by atoms with van der Waals surface area (Å²) in [7, 11) is 0. The highest BCUT2D eigenvalue weighted by Crippen LogP contribution is 2.44. The zero-order chi connectivity index (χ0) is 13.1. The maximum Gasteiger partial charge on any atom is 0.166 e. The Morgan fingerprint density at radius 1 is 1.37 bits per heavy atom. The number of nitrogens with zero attached hydrogens (tertiary/aromatic N) is 2. The fraction of sp³-hybridized carbons (Fsp3) is 0.714. The van der Waals surface area contributed by atoms with Crippen molar-refractivity contribution in [1.82, 2.24) is 20.2 Å². The predicted octanol–water partition coefficient (Wildman–Crippen LogP) is 1.93. The van der Waals surface area contributed by atoms with Gasteiger partial charge in [-0.25, -0.2) is 4.98 Å². The molecule has 5 heteroatoms. The first-order valence-corrected chi connectivity index (χ1v) is 7.72. The number of thiocarbonyl (C=S) groups is 1. The van der Waals surface area contributed by atoms with Crippen molar-refractivity contribution in [3.8, 4) is 0 Å². The van der Waals surface area contributed by atoms with Crippen LogP contribution in [0.5, 0.6) is 0 Å². The summed E-state index contributed by atoms with van der Waals surface area (Å²) in [6, 6.07) is 0.632. The van der Waals surface area contributed by atoms with Gasteiger partial charge in [0.05, 0.1) is 6.33 Å². The van der Waals surface area contributed by atoms with Gasteiger partial charge in [0, 0.05) is 31.5 Å². The van der Waals surface area contributed by atoms with E-state index in [1.165, 1.54) is 25.7 Å². The second-order valence-electron chi connectivity index (χ2n) is 5.84. The van der Waals surface area contributed by atoms with Gasteiger partial charge in [-0.1, -0.05) is 6.42 Å². The summed E-state index contributed by atoms with van der Waals surface area (Å²) in [4.78, 5) is 4.03. The van der Waals surface area contributed by atoms with Gasteiger partial charge in [-0.3, -0.25) is 0 Å². The molecule has 2 aliphatic rings.